The summed E-state index contributed by atoms with van der Waals surface area (Å²) in [6, 6.07) is 0.596. The second-order valence-electron chi connectivity index (χ2n) is 3.57. The van der Waals surface area contributed by atoms with E-state index in [0.717, 1.165) is 6.07 Å². The van der Waals surface area contributed by atoms with Gasteiger partial charge < -0.3 is 13.9 Å². The summed E-state index contributed by atoms with van der Waals surface area (Å²) in [5.41, 5.74) is 0. The van der Waals surface area contributed by atoms with Crippen LogP contribution in [-0.2, 0) is 10.0 Å². The average Bonchev–Trinajstić information content (AvgIpc) is 2.85. The highest BCUT2D eigenvalue weighted by atomic mass is 32.2. The lowest BCUT2D eigenvalue weighted by Crippen LogP contribution is -2.13. The number of hydrogen-bond acceptors (Lipinski definition) is 7. The molecule has 0 saturated heterocycles. The largest absolute Gasteiger partial charge is 0.475 e. The number of rotatable bonds is 4. The number of hydrogen-bond donors (Lipinski definition) is 2. The van der Waals surface area contributed by atoms with Crippen LogP contribution in [0, 0.1) is 13.8 Å². The van der Waals surface area contributed by atoms with Gasteiger partial charge in [0.25, 0.3) is 10.0 Å². The first-order valence-electron chi connectivity index (χ1n) is 4.96. The van der Waals surface area contributed by atoms with Gasteiger partial charge in [-0.25, -0.2) is 17.9 Å². The minimum absolute atomic E-state index is 0.0545. The molecule has 2 heterocycles. The Morgan fingerprint density at radius 2 is 2.00 bits per heavy atom. The van der Waals surface area contributed by atoms with E-state index in [4.69, 9.17) is 13.9 Å². The van der Waals surface area contributed by atoms with Crippen molar-refractivity contribution in [3.8, 4) is 0 Å². The van der Waals surface area contributed by atoms with Crippen LogP contribution in [0.4, 0.5) is 6.01 Å². The highest BCUT2D eigenvalue weighted by Gasteiger charge is 2.25. The van der Waals surface area contributed by atoms with E-state index in [9.17, 15) is 13.2 Å². The summed E-state index contributed by atoms with van der Waals surface area (Å²) in [5, 5.41) is 15.7. The molecular weight excluding hydrogens is 278 g/mol. The van der Waals surface area contributed by atoms with Crippen LogP contribution in [0.1, 0.15) is 22.2 Å². The number of sulfonamides is 1. The van der Waals surface area contributed by atoms with Gasteiger partial charge in [-0.15, -0.1) is 5.10 Å². The molecule has 19 heavy (non-hydrogen) atoms. The van der Waals surface area contributed by atoms with Crippen molar-refractivity contribution in [1.82, 2.24) is 10.2 Å². The van der Waals surface area contributed by atoms with Gasteiger partial charge in [-0.3, -0.25) is 0 Å². The van der Waals surface area contributed by atoms with E-state index in [1.54, 1.807) is 0 Å². The van der Waals surface area contributed by atoms with Crippen LogP contribution >= 0.6 is 0 Å². The molecule has 0 aliphatic rings. The number of carboxylic acid groups (broad SMARTS) is 1. The van der Waals surface area contributed by atoms with Crippen molar-refractivity contribution >= 4 is 22.0 Å². The number of carbonyl (C=O) groups is 1. The van der Waals surface area contributed by atoms with Crippen molar-refractivity contribution in [2.24, 2.45) is 0 Å². The van der Waals surface area contributed by atoms with Crippen molar-refractivity contribution < 1.29 is 27.2 Å². The fraction of sp³-hybridized carbons (Fsp3) is 0.222. The third kappa shape index (κ3) is 2.57. The summed E-state index contributed by atoms with van der Waals surface area (Å²) < 4.78 is 35.7. The minimum atomic E-state index is -4.05. The van der Waals surface area contributed by atoms with Crippen LogP contribution in [0.5, 0.6) is 0 Å². The van der Waals surface area contributed by atoms with Gasteiger partial charge in [-0.1, -0.05) is 5.10 Å². The molecule has 0 bridgehead atoms. The first-order valence-corrected chi connectivity index (χ1v) is 6.44. The van der Waals surface area contributed by atoms with Gasteiger partial charge in [-0.2, -0.15) is 0 Å². The van der Waals surface area contributed by atoms with Gasteiger partial charge in [0.05, 0.1) is 0 Å². The van der Waals surface area contributed by atoms with Gasteiger partial charge in [0.1, 0.15) is 10.7 Å². The smallest absolute Gasteiger partial charge is 0.371 e. The van der Waals surface area contributed by atoms with E-state index in [1.165, 1.54) is 13.8 Å². The lowest BCUT2D eigenvalue weighted by Gasteiger charge is -2.01. The Kier molecular flexibility index (Phi) is 3.02. The topological polar surface area (TPSA) is 136 Å². The second kappa shape index (κ2) is 4.39. The minimum Gasteiger partial charge on any atom is -0.475 e. The maximum atomic E-state index is 12.0. The average molecular weight is 287 g/mol. The number of aromatic nitrogens is 2. The summed E-state index contributed by atoms with van der Waals surface area (Å²) in [6.07, 6.45) is 0. The fourth-order valence-corrected chi connectivity index (χ4v) is 2.45. The Labute approximate surface area is 107 Å². The fourth-order valence-electron chi connectivity index (χ4n) is 1.35. The van der Waals surface area contributed by atoms with E-state index >= 15 is 0 Å². The molecule has 0 fully saturated rings. The number of anilines is 1. The van der Waals surface area contributed by atoms with Crippen LogP contribution < -0.4 is 4.72 Å². The Bertz CT molecular complexity index is 729. The Balaban J connectivity index is 2.37. The highest BCUT2D eigenvalue weighted by molar-refractivity contribution is 7.92. The second-order valence-corrected chi connectivity index (χ2v) is 5.22. The molecule has 0 atom stereocenters. The van der Waals surface area contributed by atoms with Crippen molar-refractivity contribution in [3.05, 3.63) is 23.5 Å². The molecular formula is C9H9N3O6S. The molecule has 10 heteroatoms. The molecule has 2 rings (SSSR count). The number of aromatic carboxylic acids is 1. The standard InChI is InChI=1S/C9H9N3O6S/c1-4-7(3-6(17-4)8(13)14)19(15,16)12-9-11-10-5(2)18-9/h3H,1-2H3,(H,11,12)(H,13,14). The molecule has 0 aromatic carbocycles. The molecule has 0 spiro atoms. The van der Waals surface area contributed by atoms with Crippen molar-refractivity contribution in [2.45, 2.75) is 18.7 Å². The summed E-state index contributed by atoms with van der Waals surface area (Å²) in [6.45, 7) is 2.83. The summed E-state index contributed by atoms with van der Waals surface area (Å²) in [7, 11) is -4.05. The normalized spacial score (nSPS) is 11.5. The van der Waals surface area contributed by atoms with Crippen LogP contribution in [-0.4, -0.2) is 29.7 Å². The predicted molar refractivity (Wildman–Crippen MR) is 60.2 cm³/mol. The molecule has 2 aromatic heterocycles. The van der Waals surface area contributed by atoms with E-state index in [-0.39, 0.29) is 22.6 Å². The molecule has 0 unspecified atom stereocenters. The summed E-state index contributed by atoms with van der Waals surface area (Å²) in [5.74, 6) is -1.70. The molecule has 0 aliphatic heterocycles. The number of furan rings is 1. The zero-order chi connectivity index (χ0) is 14.2. The van der Waals surface area contributed by atoms with Gasteiger partial charge >= 0.3 is 12.0 Å². The maximum Gasteiger partial charge on any atom is 0.371 e. The Morgan fingerprint density at radius 1 is 1.32 bits per heavy atom. The Morgan fingerprint density at radius 3 is 2.47 bits per heavy atom. The zero-order valence-corrected chi connectivity index (χ0v) is 10.7. The van der Waals surface area contributed by atoms with Crippen molar-refractivity contribution in [3.63, 3.8) is 0 Å². The highest BCUT2D eigenvalue weighted by Crippen LogP contribution is 2.22. The molecule has 9 nitrogen and oxygen atoms in total. The van der Waals surface area contributed by atoms with Crippen molar-refractivity contribution in [2.75, 3.05) is 4.72 Å². The lowest BCUT2D eigenvalue weighted by molar-refractivity contribution is 0.0661. The van der Waals surface area contributed by atoms with Crippen LogP contribution in [0.15, 0.2) is 19.8 Å². The van der Waals surface area contributed by atoms with Gasteiger partial charge in [0.2, 0.25) is 11.7 Å². The molecule has 0 amide bonds. The molecule has 0 radical (unpaired) electrons. The predicted octanol–water partition coefficient (Wildman–Crippen LogP) is 0.778. The SMILES string of the molecule is Cc1nnc(NS(=O)(=O)c2cc(C(=O)O)oc2C)o1. The van der Waals surface area contributed by atoms with Crippen LogP contribution in [0.25, 0.3) is 0 Å². The number of nitrogens with one attached hydrogen (secondary N) is 1. The zero-order valence-electron chi connectivity index (χ0n) is 9.87. The number of nitrogens with zero attached hydrogens (tertiary/aromatic N) is 2. The monoisotopic (exact) mass is 287 g/mol. The Hall–Kier alpha value is -2.36. The van der Waals surface area contributed by atoms with Crippen LogP contribution in [0.3, 0.4) is 0 Å². The number of carboxylic acids is 1. The maximum absolute atomic E-state index is 12.0. The summed E-state index contributed by atoms with van der Waals surface area (Å²) >= 11 is 0. The molecule has 2 N–H and O–H groups in total. The molecule has 102 valence electrons. The van der Waals surface area contributed by atoms with Gasteiger partial charge in [-0.05, 0) is 6.92 Å². The third-order valence-corrected chi connectivity index (χ3v) is 3.55. The van der Waals surface area contributed by atoms with E-state index in [0.29, 0.717) is 0 Å². The van der Waals surface area contributed by atoms with Gasteiger partial charge in [0.15, 0.2) is 0 Å². The van der Waals surface area contributed by atoms with E-state index in [1.807, 2.05) is 4.72 Å². The molecule has 0 aliphatic carbocycles. The number of aryl methyl sites for hydroxylation is 2. The van der Waals surface area contributed by atoms with Gasteiger partial charge in [0, 0.05) is 13.0 Å². The van der Waals surface area contributed by atoms with E-state index < -0.39 is 21.8 Å². The van der Waals surface area contributed by atoms with E-state index in [2.05, 4.69) is 10.2 Å². The van der Waals surface area contributed by atoms with Crippen molar-refractivity contribution in [1.29, 1.82) is 0 Å². The molecule has 2 aromatic rings. The lowest BCUT2D eigenvalue weighted by atomic mass is 10.4. The third-order valence-electron chi connectivity index (χ3n) is 2.12. The first-order chi connectivity index (χ1) is 8.79. The van der Waals surface area contributed by atoms with Crippen LogP contribution in [0.2, 0.25) is 0 Å². The summed E-state index contributed by atoms with van der Waals surface area (Å²) in [4.78, 5) is 10.4. The molecule has 0 saturated carbocycles. The first kappa shape index (κ1) is 13.1. The quantitative estimate of drug-likeness (QED) is 0.841.